The number of sulfonamides is 1. The molecular formula is C23H29FN2O4S. The van der Waals surface area contributed by atoms with Crippen LogP contribution in [-0.2, 0) is 20.2 Å². The summed E-state index contributed by atoms with van der Waals surface area (Å²) in [7, 11) is -1.82. The van der Waals surface area contributed by atoms with E-state index in [0.29, 0.717) is 24.2 Å². The van der Waals surface area contributed by atoms with Gasteiger partial charge < -0.3 is 10.1 Å². The van der Waals surface area contributed by atoms with E-state index in [-0.39, 0.29) is 24.7 Å². The molecular weight excluding hydrogens is 419 g/mol. The van der Waals surface area contributed by atoms with Crippen LogP contribution in [0, 0.1) is 5.82 Å². The summed E-state index contributed by atoms with van der Waals surface area (Å²) in [6, 6.07) is 13.1. The number of halogens is 1. The highest BCUT2D eigenvalue weighted by Gasteiger charge is 2.45. The quantitative estimate of drug-likeness (QED) is 0.705. The van der Waals surface area contributed by atoms with E-state index >= 15 is 0 Å². The molecule has 3 rings (SSSR count). The molecule has 1 fully saturated rings. The third-order valence-electron chi connectivity index (χ3n) is 6.10. The molecule has 1 heterocycles. The number of carbonyl (C=O) groups is 1. The Morgan fingerprint density at radius 3 is 2.42 bits per heavy atom. The van der Waals surface area contributed by atoms with Gasteiger partial charge in [0.25, 0.3) is 0 Å². The number of amides is 1. The zero-order valence-corrected chi connectivity index (χ0v) is 18.9. The van der Waals surface area contributed by atoms with E-state index in [0.717, 1.165) is 5.56 Å². The van der Waals surface area contributed by atoms with Gasteiger partial charge in [-0.05, 0) is 50.5 Å². The molecule has 168 valence electrons. The lowest BCUT2D eigenvalue weighted by Crippen LogP contribution is -2.53. The molecule has 31 heavy (non-hydrogen) atoms. The molecule has 1 N–H and O–H groups in total. The molecule has 2 aromatic carbocycles. The zero-order chi connectivity index (χ0) is 22.6. The molecule has 0 spiro atoms. The fourth-order valence-electron chi connectivity index (χ4n) is 4.19. The van der Waals surface area contributed by atoms with Crippen LogP contribution in [0.5, 0.6) is 5.75 Å². The van der Waals surface area contributed by atoms with Crippen LogP contribution in [0.1, 0.15) is 43.9 Å². The minimum absolute atomic E-state index is 0.0356. The monoisotopic (exact) mass is 448 g/mol. The van der Waals surface area contributed by atoms with E-state index in [1.54, 1.807) is 13.8 Å². The maximum Gasteiger partial charge on any atom is 0.231 e. The van der Waals surface area contributed by atoms with Gasteiger partial charge in [-0.2, -0.15) is 0 Å². The molecule has 0 saturated carbocycles. The predicted molar refractivity (Wildman–Crippen MR) is 118 cm³/mol. The average Bonchev–Trinajstić information content (AvgIpc) is 2.79. The number of hydrogen-bond acceptors (Lipinski definition) is 4. The number of nitrogens with zero attached hydrogens (tertiary/aromatic N) is 1. The highest BCUT2D eigenvalue weighted by Crippen LogP contribution is 2.38. The van der Waals surface area contributed by atoms with Gasteiger partial charge in [-0.3, -0.25) is 4.79 Å². The van der Waals surface area contributed by atoms with Gasteiger partial charge in [0.2, 0.25) is 15.9 Å². The van der Waals surface area contributed by atoms with Crippen molar-refractivity contribution in [3.05, 3.63) is 65.5 Å². The van der Waals surface area contributed by atoms with Gasteiger partial charge in [0.1, 0.15) is 11.6 Å². The van der Waals surface area contributed by atoms with Crippen LogP contribution in [0.3, 0.4) is 0 Å². The van der Waals surface area contributed by atoms with Crippen LogP contribution in [-0.4, -0.2) is 44.6 Å². The normalized spacial score (nSPS) is 17.7. The predicted octanol–water partition coefficient (Wildman–Crippen LogP) is 3.40. The van der Waals surface area contributed by atoms with Crippen molar-refractivity contribution >= 4 is 15.9 Å². The molecule has 1 aliphatic rings. The maximum absolute atomic E-state index is 13.8. The minimum atomic E-state index is -3.32. The second-order valence-electron chi connectivity index (χ2n) is 7.83. The molecule has 1 amide bonds. The van der Waals surface area contributed by atoms with Crippen LogP contribution in [0.2, 0.25) is 0 Å². The highest BCUT2D eigenvalue weighted by molar-refractivity contribution is 7.89. The molecule has 0 radical (unpaired) electrons. The largest absolute Gasteiger partial charge is 0.496 e. The fourth-order valence-corrected chi connectivity index (χ4v) is 5.29. The molecule has 1 saturated heterocycles. The number of nitrogens with one attached hydrogen (secondary N) is 1. The molecule has 8 heteroatoms. The van der Waals surface area contributed by atoms with Gasteiger partial charge in [0, 0.05) is 18.7 Å². The SMILES string of the molecule is CCS(=O)(=O)N1CCC(C(=O)NC(C)c2cc(F)ccc2OC)(c2ccccc2)CC1. The summed E-state index contributed by atoms with van der Waals surface area (Å²) in [5, 5.41) is 3.02. The minimum Gasteiger partial charge on any atom is -0.496 e. The smallest absolute Gasteiger partial charge is 0.231 e. The highest BCUT2D eigenvalue weighted by atomic mass is 32.2. The van der Waals surface area contributed by atoms with Crippen molar-refractivity contribution in [2.75, 3.05) is 26.0 Å². The summed E-state index contributed by atoms with van der Waals surface area (Å²) in [5.41, 5.74) is 0.528. The number of piperidine rings is 1. The van der Waals surface area contributed by atoms with Crippen molar-refractivity contribution in [2.45, 2.75) is 38.1 Å². The van der Waals surface area contributed by atoms with Gasteiger partial charge in [0.05, 0.1) is 24.3 Å². The molecule has 2 aromatic rings. The number of methoxy groups -OCH3 is 1. The van der Waals surface area contributed by atoms with Gasteiger partial charge in [0.15, 0.2) is 0 Å². The van der Waals surface area contributed by atoms with Crippen molar-refractivity contribution in [3.63, 3.8) is 0 Å². The summed E-state index contributed by atoms with van der Waals surface area (Å²) < 4.78 is 45.2. The van der Waals surface area contributed by atoms with Gasteiger partial charge in [-0.25, -0.2) is 17.1 Å². The zero-order valence-electron chi connectivity index (χ0n) is 18.1. The first-order valence-electron chi connectivity index (χ1n) is 10.4. The van der Waals surface area contributed by atoms with Crippen LogP contribution < -0.4 is 10.1 Å². The Morgan fingerprint density at radius 1 is 1.19 bits per heavy atom. The third-order valence-corrected chi connectivity index (χ3v) is 7.98. The van der Waals surface area contributed by atoms with Crippen LogP contribution in [0.25, 0.3) is 0 Å². The summed E-state index contributed by atoms with van der Waals surface area (Å²) >= 11 is 0. The summed E-state index contributed by atoms with van der Waals surface area (Å²) in [6.07, 6.45) is 0.740. The summed E-state index contributed by atoms with van der Waals surface area (Å²) in [4.78, 5) is 13.6. The maximum atomic E-state index is 13.8. The van der Waals surface area contributed by atoms with E-state index in [4.69, 9.17) is 4.74 Å². The first-order valence-corrected chi connectivity index (χ1v) is 12.0. The van der Waals surface area contributed by atoms with Gasteiger partial charge in [-0.1, -0.05) is 30.3 Å². The Hall–Kier alpha value is -2.45. The third kappa shape index (κ3) is 4.75. The topological polar surface area (TPSA) is 75.7 Å². The first-order chi connectivity index (χ1) is 14.7. The molecule has 1 unspecified atom stereocenters. The van der Waals surface area contributed by atoms with Crippen molar-refractivity contribution in [3.8, 4) is 5.75 Å². The van der Waals surface area contributed by atoms with E-state index in [9.17, 15) is 17.6 Å². The van der Waals surface area contributed by atoms with Gasteiger partial charge in [-0.15, -0.1) is 0 Å². The molecule has 0 aliphatic carbocycles. The van der Waals surface area contributed by atoms with E-state index in [1.807, 2.05) is 30.3 Å². The second-order valence-corrected chi connectivity index (χ2v) is 10.1. The van der Waals surface area contributed by atoms with E-state index < -0.39 is 27.3 Å². The number of benzene rings is 2. The Labute approximate surface area is 183 Å². The lowest BCUT2D eigenvalue weighted by atomic mass is 9.72. The average molecular weight is 449 g/mol. The van der Waals surface area contributed by atoms with Crippen molar-refractivity contribution < 1.29 is 22.3 Å². The first kappa shape index (κ1) is 23.2. The number of carbonyl (C=O) groups excluding carboxylic acids is 1. The number of rotatable bonds is 7. The second kappa shape index (κ2) is 9.36. The van der Waals surface area contributed by atoms with Crippen molar-refractivity contribution in [2.24, 2.45) is 0 Å². The molecule has 1 atom stereocenters. The Bertz CT molecular complexity index is 1020. The van der Waals surface area contributed by atoms with Crippen molar-refractivity contribution in [1.29, 1.82) is 0 Å². The van der Waals surface area contributed by atoms with Gasteiger partial charge >= 0.3 is 0 Å². The lowest BCUT2D eigenvalue weighted by Gasteiger charge is -2.41. The van der Waals surface area contributed by atoms with E-state index in [2.05, 4.69) is 5.32 Å². The summed E-state index contributed by atoms with van der Waals surface area (Å²) in [6.45, 7) is 3.95. The molecule has 1 aliphatic heterocycles. The summed E-state index contributed by atoms with van der Waals surface area (Å²) in [5.74, 6) is -0.0841. The Balaban J connectivity index is 1.89. The number of ether oxygens (including phenoxy) is 1. The van der Waals surface area contributed by atoms with Crippen LogP contribution in [0.4, 0.5) is 4.39 Å². The van der Waals surface area contributed by atoms with Crippen LogP contribution in [0.15, 0.2) is 48.5 Å². The molecule has 0 bridgehead atoms. The van der Waals surface area contributed by atoms with E-state index in [1.165, 1.54) is 29.6 Å². The molecule has 0 aromatic heterocycles. The molecule has 6 nitrogen and oxygen atoms in total. The Morgan fingerprint density at radius 2 is 1.84 bits per heavy atom. The van der Waals surface area contributed by atoms with Crippen molar-refractivity contribution in [1.82, 2.24) is 9.62 Å². The lowest BCUT2D eigenvalue weighted by molar-refractivity contribution is -0.129. The number of hydrogen-bond donors (Lipinski definition) is 1. The van der Waals surface area contributed by atoms with Crippen LogP contribution >= 0.6 is 0 Å². The Kier molecular flexibility index (Phi) is 7.01. The fraction of sp³-hybridized carbons (Fsp3) is 0.435. The standard InChI is InChI=1S/C23H29FN2O4S/c1-4-31(28,29)26-14-12-23(13-15-26,18-8-6-5-7-9-18)22(27)25-17(2)20-16-19(24)10-11-21(20)30-3/h5-11,16-17H,4,12-15H2,1-3H3,(H,25,27).